The summed E-state index contributed by atoms with van der Waals surface area (Å²) < 4.78 is 43.3. The third-order valence-electron chi connectivity index (χ3n) is 10.8. The first-order chi connectivity index (χ1) is 23.8. The van der Waals surface area contributed by atoms with E-state index in [1.165, 1.54) is 0 Å². The number of allylic oxidation sites excluding steroid dienone is 2. The lowest BCUT2D eigenvalue weighted by Crippen LogP contribution is -2.49. The van der Waals surface area contributed by atoms with Gasteiger partial charge in [-0.15, -0.1) is 0 Å². The van der Waals surface area contributed by atoms with Crippen LogP contribution in [0, 0.1) is 23.7 Å². The number of carbonyl (C=O) groups excluding carboxylic acids is 1. The summed E-state index contributed by atoms with van der Waals surface area (Å²) in [6.45, 7) is 26.9. The minimum absolute atomic E-state index is 0.00367. The number of fused-ring (bicyclic) bond motifs is 1. The SMILES string of the molecule is COc1ccc(COCC[C@@H](OC)[C@@H](C)[C@@H](O[Si](C)(C)C(C)(C)C)[C@H](C)/C=C(\C)[C@H]2OC(=O)[C@@H]3OC(C)(C)O[C@@H]3/C=C/[C@H](C)C/C=C/[C@@H]2C)cc1. The third-order valence-corrected chi connectivity index (χ3v) is 15.2. The number of cyclic esters (lactones) is 1. The normalized spacial score (nSPS) is 28.3. The summed E-state index contributed by atoms with van der Waals surface area (Å²) in [6.07, 6.45) is 10.2. The highest BCUT2D eigenvalue weighted by atomic mass is 28.4. The summed E-state index contributed by atoms with van der Waals surface area (Å²) in [4.78, 5) is 13.8. The van der Waals surface area contributed by atoms with Crippen LogP contribution < -0.4 is 4.74 Å². The molecule has 2 heterocycles. The second-order valence-corrected chi connectivity index (χ2v) is 21.5. The lowest BCUT2D eigenvalue weighted by molar-refractivity contribution is -0.174. The second kappa shape index (κ2) is 18.7. The van der Waals surface area contributed by atoms with Crippen LogP contribution in [0.1, 0.15) is 87.6 Å². The van der Waals surface area contributed by atoms with Crippen molar-refractivity contribution < 1.29 is 37.6 Å². The Kier molecular flexibility index (Phi) is 15.8. The molecule has 0 bridgehead atoms. The topological polar surface area (TPSA) is 81.7 Å². The molecule has 0 spiro atoms. The molecule has 0 amide bonds. The Morgan fingerprint density at radius 1 is 1.04 bits per heavy atom. The van der Waals surface area contributed by atoms with E-state index in [0.29, 0.717) is 19.1 Å². The van der Waals surface area contributed by atoms with Gasteiger partial charge < -0.3 is 32.8 Å². The number of carbonyl (C=O) groups is 1. The number of methoxy groups -OCH3 is 2. The van der Waals surface area contributed by atoms with Gasteiger partial charge in [-0.25, -0.2) is 4.79 Å². The van der Waals surface area contributed by atoms with Gasteiger partial charge in [0.05, 0.1) is 25.9 Å². The molecule has 3 rings (SSSR count). The number of hydrogen-bond acceptors (Lipinski definition) is 8. The number of benzene rings is 1. The van der Waals surface area contributed by atoms with Crippen LogP contribution in [0.2, 0.25) is 18.1 Å². The van der Waals surface area contributed by atoms with Crippen LogP contribution in [0.3, 0.4) is 0 Å². The van der Waals surface area contributed by atoms with E-state index >= 15 is 0 Å². The molecular weight excluding hydrogens is 661 g/mol. The van der Waals surface area contributed by atoms with Gasteiger partial charge in [-0.1, -0.05) is 91.0 Å². The molecule has 2 aliphatic heterocycles. The van der Waals surface area contributed by atoms with Crippen molar-refractivity contribution in [2.24, 2.45) is 23.7 Å². The maximum Gasteiger partial charge on any atom is 0.339 e. The zero-order valence-corrected chi connectivity index (χ0v) is 35.0. The smallest absolute Gasteiger partial charge is 0.339 e. The van der Waals surface area contributed by atoms with Crippen molar-refractivity contribution >= 4 is 14.3 Å². The predicted molar refractivity (Wildman–Crippen MR) is 207 cm³/mol. The Morgan fingerprint density at radius 3 is 2.31 bits per heavy atom. The van der Waals surface area contributed by atoms with Crippen LogP contribution >= 0.6 is 0 Å². The van der Waals surface area contributed by atoms with Gasteiger partial charge in [0.2, 0.25) is 0 Å². The van der Waals surface area contributed by atoms with E-state index in [1.807, 2.05) is 44.2 Å². The van der Waals surface area contributed by atoms with Crippen molar-refractivity contribution in [2.75, 3.05) is 20.8 Å². The summed E-state index contributed by atoms with van der Waals surface area (Å²) in [6, 6.07) is 7.95. The molecule has 0 aromatic heterocycles. The molecule has 9 heteroatoms. The number of esters is 1. The van der Waals surface area contributed by atoms with Gasteiger partial charge in [0.15, 0.2) is 20.2 Å². The number of rotatable bonds is 14. The highest BCUT2D eigenvalue weighted by Gasteiger charge is 2.46. The molecule has 288 valence electrons. The molecule has 0 N–H and O–H groups in total. The Balaban J connectivity index is 1.86. The maximum atomic E-state index is 13.8. The van der Waals surface area contributed by atoms with Gasteiger partial charge in [-0.2, -0.15) is 0 Å². The lowest BCUT2D eigenvalue weighted by Gasteiger charge is -2.44. The Hall–Kier alpha value is -2.27. The fraction of sp³-hybridized carbons (Fsp3) is 0.690. The van der Waals surface area contributed by atoms with Crippen LogP contribution in [0.4, 0.5) is 0 Å². The van der Waals surface area contributed by atoms with Crippen LogP contribution in [0.25, 0.3) is 0 Å². The zero-order valence-electron chi connectivity index (χ0n) is 34.0. The minimum atomic E-state index is -2.19. The van der Waals surface area contributed by atoms with E-state index in [2.05, 4.69) is 92.8 Å². The molecule has 1 aromatic rings. The molecule has 1 fully saturated rings. The molecule has 1 saturated heterocycles. The molecule has 0 unspecified atom stereocenters. The van der Waals surface area contributed by atoms with Crippen molar-refractivity contribution in [3.8, 4) is 5.75 Å². The molecule has 0 saturated carbocycles. The first-order valence-corrected chi connectivity index (χ1v) is 21.7. The number of hydrogen-bond donors (Lipinski definition) is 0. The van der Waals surface area contributed by atoms with E-state index < -0.39 is 38.4 Å². The molecule has 51 heavy (non-hydrogen) atoms. The zero-order chi connectivity index (χ0) is 38.1. The van der Waals surface area contributed by atoms with Gasteiger partial charge in [-0.05, 0) is 86.9 Å². The molecule has 2 aliphatic rings. The van der Waals surface area contributed by atoms with E-state index in [9.17, 15) is 4.79 Å². The second-order valence-electron chi connectivity index (χ2n) is 16.7. The fourth-order valence-corrected chi connectivity index (χ4v) is 8.10. The van der Waals surface area contributed by atoms with E-state index in [0.717, 1.165) is 29.7 Å². The molecule has 9 atom stereocenters. The summed E-state index contributed by atoms with van der Waals surface area (Å²) in [5, 5.41) is 0.0229. The fourth-order valence-electron chi connectivity index (χ4n) is 6.64. The van der Waals surface area contributed by atoms with E-state index in [4.69, 9.17) is 32.8 Å². The van der Waals surface area contributed by atoms with Crippen molar-refractivity contribution in [3.63, 3.8) is 0 Å². The van der Waals surface area contributed by atoms with Crippen LogP contribution in [0.15, 0.2) is 60.2 Å². The van der Waals surface area contributed by atoms with Gasteiger partial charge in [0, 0.05) is 25.6 Å². The largest absolute Gasteiger partial charge is 0.497 e. The minimum Gasteiger partial charge on any atom is -0.497 e. The van der Waals surface area contributed by atoms with Gasteiger partial charge in [-0.3, -0.25) is 0 Å². The van der Waals surface area contributed by atoms with E-state index in [1.54, 1.807) is 14.2 Å². The standard InChI is InChI=1S/C42H68O8Si/c1-28-16-15-17-29(2)37(47-40(43)39-36(23-18-28)48-42(9,10)49-39)30(3)26-31(4)38(50-51(13,14)41(6,7)8)32(5)35(45-12)24-25-46-27-33-19-21-34(44-11)22-20-33/h15,17-23,26,28-29,31-32,35-39H,16,24-25,27H2,1-14H3/b17-15+,23-18+,30-26+/t28-,29+,31-,32-,35-,36-,37+,38+,39-/m1/s1. The van der Waals surface area contributed by atoms with Crippen molar-refractivity contribution in [1.82, 2.24) is 0 Å². The van der Waals surface area contributed by atoms with Crippen molar-refractivity contribution in [1.29, 1.82) is 0 Å². The average Bonchev–Trinajstić information content (AvgIpc) is 3.38. The molecule has 1 aromatic carbocycles. The molecule has 0 radical (unpaired) electrons. The maximum absolute atomic E-state index is 13.8. The van der Waals surface area contributed by atoms with Crippen LogP contribution in [-0.2, 0) is 39.5 Å². The monoisotopic (exact) mass is 728 g/mol. The van der Waals surface area contributed by atoms with Crippen molar-refractivity contribution in [2.45, 2.75) is 143 Å². The van der Waals surface area contributed by atoms with Crippen molar-refractivity contribution in [3.05, 3.63) is 65.8 Å². The average molecular weight is 729 g/mol. The summed E-state index contributed by atoms with van der Waals surface area (Å²) >= 11 is 0. The van der Waals surface area contributed by atoms with Gasteiger partial charge in [0.1, 0.15) is 18.0 Å². The molecular formula is C42H68O8Si. The van der Waals surface area contributed by atoms with Gasteiger partial charge in [0.25, 0.3) is 0 Å². The van der Waals surface area contributed by atoms with Crippen LogP contribution in [0.5, 0.6) is 5.75 Å². The predicted octanol–water partition coefficient (Wildman–Crippen LogP) is 9.45. The molecule has 8 nitrogen and oxygen atoms in total. The first kappa shape index (κ1) is 43.1. The van der Waals surface area contributed by atoms with E-state index in [-0.39, 0.29) is 35.0 Å². The summed E-state index contributed by atoms with van der Waals surface area (Å²) in [5.74, 6) is -0.157. The lowest BCUT2D eigenvalue weighted by atomic mass is 9.85. The first-order valence-electron chi connectivity index (χ1n) is 18.8. The summed E-state index contributed by atoms with van der Waals surface area (Å²) in [5.41, 5.74) is 2.08. The number of ether oxygens (including phenoxy) is 6. The third kappa shape index (κ3) is 12.4. The quantitative estimate of drug-likeness (QED) is 0.0812. The molecule has 0 aliphatic carbocycles. The highest BCUT2D eigenvalue weighted by molar-refractivity contribution is 6.74. The Labute approximate surface area is 310 Å². The Morgan fingerprint density at radius 2 is 1.71 bits per heavy atom. The van der Waals surface area contributed by atoms with Gasteiger partial charge >= 0.3 is 5.97 Å². The Bertz CT molecular complexity index is 1330. The van der Waals surface area contributed by atoms with Crippen LogP contribution in [-0.4, -0.2) is 71.4 Å². The highest BCUT2D eigenvalue weighted by Crippen LogP contribution is 2.40. The summed E-state index contributed by atoms with van der Waals surface area (Å²) in [7, 11) is 1.25.